The summed E-state index contributed by atoms with van der Waals surface area (Å²) in [6.45, 7) is 10.8. The minimum atomic E-state index is -0.0762. The maximum absolute atomic E-state index is 11.9. The Morgan fingerprint density at radius 1 is 1.08 bits per heavy atom. The van der Waals surface area contributed by atoms with Crippen LogP contribution in [-0.4, -0.2) is 111 Å². The van der Waals surface area contributed by atoms with Gasteiger partial charge in [0.2, 0.25) is 0 Å². The Hall–Kier alpha value is -0.690. The third kappa shape index (κ3) is 5.99. The molecule has 0 bridgehead atoms. The fraction of sp³-hybridized carbons (Fsp3) is 0.944. The number of hydrogen-bond donors (Lipinski definition) is 0. The lowest BCUT2D eigenvalue weighted by Gasteiger charge is -2.49. The number of piperidine rings is 1. The number of carbonyl (C=O) groups excluding carboxylic acids is 1. The van der Waals surface area contributed by atoms with Crippen LogP contribution in [0.4, 0.5) is 0 Å². The predicted octanol–water partition coefficient (Wildman–Crippen LogP) is 0.583. The van der Waals surface area contributed by atoms with Gasteiger partial charge >= 0.3 is 5.97 Å². The van der Waals surface area contributed by atoms with Gasteiger partial charge in [-0.25, -0.2) is 0 Å². The van der Waals surface area contributed by atoms with Crippen LogP contribution in [0.5, 0.6) is 0 Å². The summed E-state index contributed by atoms with van der Waals surface area (Å²) in [5.41, 5.74) is 0.339. The predicted molar refractivity (Wildman–Crippen MR) is 97.3 cm³/mol. The molecular weight excluding hydrogens is 304 g/mol. The Kier molecular flexibility index (Phi) is 7.47. The second kappa shape index (κ2) is 9.13. The molecule has 0 aliphatic carbocycles. The van der Waals surface area contributed by atoms with Crippen molar-refractivity contribution in [3.63, 3.8) is 0 Å². The van der Waals surface area contributed by atoms with E-state index >= 15 is 0 Å². The highest BCUT2D eigenvalue weighted by Crippen LogP contribution is 2.28. The van der Waals surface area contributed by atoms with E-state index < -0.39 is 0 Å². The Balaban J connectivity index is 1.64. The minimum Gasteiger partial charge on any atom is -0.465 e. The number of rotatable bonds is 7. The van der Waals surface area contributed by atoms with Crippen molar-refractivity contribution in [2.24, 2.45) is 0 Å². The molecule has 6 heteroatoms. The molecule has 0 atom stereocenters. The fourth-order valence-corrected chi connectivity index (χ4v) is 3.66. The molecule has 2 rings (SSSR count). The molecule has 0 spiro atoms. The molecule has 0 aromatic heterocycles. The lowest BCUT2D eigenvalue weighted by molar-refractivity contribution is -0.145. The summed E-state index contributed by atoms with van der Waals surface area (Å²) < 4.78 is 5.34. The van der Waals surface area contributed by atoms with E-state index in [9.17, 15) is 4.79 Å². The smallest absolute Gasteiger partial charge is 0.320 e. The summed E-state index contributed by atoms with van der Waals surface area (Å²) in [4.78, 5) is 21.3. The summed E-state index contributed by atoms with van der Waals surface area (Å²) >= 11 is 0. The zero-order chi connectivity index (χ0) is 17.6. The first-order chi connectivity index (χ1) is 11.4. The highest BCUT2D eigenvalue weighted by atomic mass is 16.5. The Morgan fingerprint density at radius 2 is 1.71 bits per heavy atom. The van der Waals surface area contributed by atoms with Gasteiger partial charge in [0.15, 0.2) is 0 Å². The topological polar surface area (TPSA) is 39.3 Å². The summed E-state index contributed by atoms with van der Waals surface area (Å²) in [5.74, 6) is -0.0762. The second-order valence-corrected chi connectivity index (χ2v) is 7.94. The van der Waals surface area contributed by atoms with E-state index in [0.29, 0.717) is 18.7 Å². The van der Waals surface area contributed by atoms with E-state index in [1.54, 1.807) is 0 Å². The number of likely N-dealkylation sites (tertiary alicyclic amines) is 1. The van der Waals surface area contributed by atoms with Crippen LogP contribution in [0, 0.1) is 0 Å². The number of carbonyl (C=O) groups is 1. The van der Waals surface area contributed by atoms with Gasteiger partial charge in [0.05, 0.1) is 13.2 Å². The fourth-order valence-electron chi connectivity index (χ4n) is 3.66. The molecule has 24 heavy (non-hydrogen) atoms. The van der Waals surface area contributed by atoms with E-state index in [4.69, 9.17) is 4.74 Å². The van der Waals surface area contributed by atoms with Crippen molar-refractivity contribution in [3.05, 3.63) is 0 Å². The van der Waals surface area contributed by atoms with Crippen LogP contribution in [0.15, 0.2) is 0 Å². The van der Waals surface area contributed by atoms with E-state index in [2.05, 4.69) is 33.6 Å². The summed E-state index contributed by atoms with van der Waals surface area (Å²) in [6, 6.07) is 0. The maximum Gasteiger partial charge on any atom is 0.320 e. The molecule has 2 heterocycles. The van der Waals surface area contributed by atoms with Crippen molar-refractivity contribution in [2.75, 3.05) is 80.1 Å². The average Bonchev–Trinajstić information content (AvgIpc) is 2.55. The molecule has 2 aliphatic heterocycles. The van der Waals surface area contributed by atoms with Crippen molar-refractivity contribution < 1.29 is 9.53 Å². The van der Waals surface area contributed by atoms with E-state index in [0.717, 1.165) is 39.1 Å². The standard InChI is InChI=1S/C18H36N4O2/c1-18(6-9-20(4)10-7-18)22-13-11-21(12-14-22)16-17(23)24-15-5-8-19(2)3/h5-16H2,1-4H3. The van der Waals surface area contributed by atoms with Gasteiger partial charge in [-0.05, 0) is 60.4 Å². The minimum absolute atomic E-state index is 0.0762. The number of piperazine rings is 1. The zero-order valence-corrected chi connectivity index (χ0v) is 16.1. The van der Waals surface area contributed by atoms with E-state index in [1.165, 1.54) is 25.9 Å². The monoisotopic (exact) mass is 340 g/mol. The van der Waals surface area contributed by atoms with Crippen molar-refractivity contribution >= 4 is 5.97 Å². The van der Waals surface area contributed by atoms with Gasteiger partial charge in [-0.2, -0.15) is 0 Å². The van der Waals surface area contributed by atoms with Gasteiger partial charge in [-0.3, -0.25) is 14.6 Å². The number of esters is 1. The van der Waals surface area contributed by atoms with Crippen LogP contribution in [0.1, 0.15) is 26.2 Å². The molecule has 0 aromatic rings. The van der Waals surface area contributed by atoms with Crippen molar-refractivity contribution in [2.45, 2.75) is 31.7 Å². The summed E-state index contributed by atoms with van der Waals surface area (Å²) in [5, 5.41) is 0. The molecule has 0 N–H and O–H groups in total. The number of ether oxygens (including phenoxy) is 1. The van der Waals surface area contributed by atoms with Gasteiger partial charge in [-0.1, -0.05) is 0 Å². The first kappa shape index (κ1) is 19.6. The Bertz CT molecular complexity index is 386. The molecule has 140 valence electrons. The van der Waals surface area contributed by atoms with Crippen LogP contribution in [-0.2, 0) is 9.53 Å². The second-order valence-electron chi connectivity index (χ2n) is 7.94. The molecule has 2 saturated heterocycles. The molecule has 0 amide bonds. The van der Waals surface area contributed by atoms with Gasteiger partial charge in [0.1, 0.15) is 0 Å². The average molecular weight is 341 g/mol. The highest BCUT2D eigenvalue weighted by Gasteiger charge is 2.36. The highest BCUT2D eigenvalue weighted by molar-refractivity contribution is 5.71. The van der Waals surface area contributed by atoms with Crippen LogP contribution in [0.2, 0.25) is 0 Å². The van der Waals surface area contributed by atoms with Gasteiger partial charge in [0, 0.05) is 38.3 Å². The first-order valence-electron chi connectivity index (χ1n) is 9.35. The molecule has 2 aliphatic rings. The van der Waals surface area contributed by atoms with Crippen molar-refractivity contribution in [1.82, 2.24) is 19.6 Å². The Morgan fingerprint density at radius 3 is 2.29 bits per heavy atom. The van der Waals surface area contributed by atoms with Crippen LogP contribution in [0.25, 0.3) is 0 Å². The normalized spacial score (nSPS) is 23.5. The summed E-state index contributed by atoms with van der Waals surface area (Å²) in [6.07, 6.45) is 3.40. The SMILES string of the molecule is CN(C)CCCOC(=O)CN1CCN(C2(C)CCN(C)CC2)CC1. The van der Waals surface area contributed by atoms with E-state index in [1.807, 2.05) is 14.1 Å². The Labute approximate surface area is 147 Å². The molecule has 0 unspecified atom stereocenters. The van der Waals surface area contributed by atoms with E-state index in [-0.39, 0.29) is 5.97 Å². The zero-order valence-electron chi connectivity index (χ0n) is 16.1. The quantitative estimate of drug-likeness (QED) is 0.499. The van der Waals surface area contributed by atoms with Crippen LogP contribution < -0.4 is 0 Å². The van der Waals surface area contributed by atoms with Gasteiger partial charge < -0.3 is 14.5 Å². The number of hydrogen-bond acceptors (Lipinski definition) is 6. The molecule has 2 fully saturated rings. The van der Waals surface area contributed by atoms with Crippen LogP contribution >= 0.6 is 0 Å². The largest absolute Gasteiger partial charge is 0.465 e. The van der Waals surface area contributed by atoms with Crippen LogP contribution in [0.3, 0.4) is 0 Å². The van der Waals surface area contributed by atoms with Gasteiger partial charge in [0.25, 0.3) is 0 Å². The third-order valence-electron chi connectivity index (χ3n) is 5.57. The van der Waals surface area contributed by atoms with Gasteiger partial charge in [-0.15, -0.1) is 0 Å². The van der Waals surface area contributed by atoms with Crippen molar-refractivity contribution in [3.8, 4) is 0 Å². The number of nitrogens with zero attached hydrogens (tertiary/aromatic N) is 4. The first-order valence-corrected chi connectivity index (χ1v) is 9.35. The summed E-state index contributed by atoms with van der Waals surface area (Å²) in [7, 11) is 6.28. The third-order valence-corrected chi connectivity index (χ3v) is 5.57. The van der Waals surface area contributed by atoms with Crippen molar-refractivity contribution in [1.29, 1.82) is 0 Å². The lowest BCUT2D eigenvalue weighted by atomic mass is 9.87. The molecular formula is C18H36N4O2. The molecule has 0 saturated carbocycles. The maximum atomic E-state index is 11.9. The molecule has 0 radical (unpaired) electrons. The lowest BCUT2D eigenvalue weighted by Crippen LogP contribution is -2.59. The molecule has 0 aromatic carbocycles. The molecule has 6 nitrogen and oxygen atoms in total.